The molecule has 1 atom stereocenters. The highest BCUT2D eigenvalue weighted by Gasteiger charge is 2.33. The van der Waals surface area contributed by atoms with Crippen molar-refractivity contribution < 1.29 is 9.53 Å². The number of rotatable bonds is 3. The Balaban J connectivity index is 2.16. The lowest BCUT2D eigenvalue weighted by molar-refractivity contribution is 0.164. The Morgan fingerprint density at radius 1 is 1.53 bits per heavy atom. The fraction of sp³-hybridized carbons (Fsp3) is 0.286. The normalized spacial score (nSPS) is 18.8. The molecule has 88 valence electrons. The minimum absolute atomic E-state index is 0.0409. The summed E-state index contributed by atoms with van der Waals surface area (Å²) in [5.41, 5.74) is 4.65. The first-order valence-corrected chi connectivity index (χ1v) is 5.59. The van der Waals surface area contributed by atoms with Gasteiger partial charge in [0.1, 0.15) is 6.61 Å². The van der Waals surface area contributed by atoms with Gasteiger partial charge in [-0.15, -0.1) is 5.73 Å². The molecule has 0 aliphatic carbocycles. The van der Waals surface area contributed by atoms with Crippen molar-refractivity contribution in [2.45, 2.75) is 19.4 Å². The van der Waals surface area contributed by atoms with Gasteiger partial charge in [0.25, 0.3) is 0 Å². The Hall–Kier alpha value is -1.99. The molecule has 2 rings (SSSR count). The van der Waals surface area contributed by atoms with Gasteiger partial charge in [-0.25, -0.2) is 4.79 Å². The Kier molecular flexibility index (Phi) is 3.31. The second-order valence-corrected chi connectivity index (χ2v) is 4.05. The first kappa shape index (κ1) is 11.5. The van der Waals surface area contributed by atoms with Crippen LogP contribution in [0, 0.1) is 0 Å². The fourth-order valence-corrected chi connectivity index (χ4v) is 1.99. The van der Waals surface area contributed by atoms with Crippen LogP contribution in [0.15, 0.2) is 48.3 Å². The molecule has 0 bridgehead atoms. The smallest absolute Gasteiger partial charge is 0.414 e. The molecule has 1 aliphatic heterocycles. The van der Waals surface area contributed by atoms with Crippen molar-refractivity contribution in [1.82, 2.24) is 4.90 Å². The molecule has 1 heterocycles. The van der Waals surface area contributed by atoms with E-state index >= 15 is 0 Å². The molecule has 0 radical (unpaired) electrons. The number of ether oxygens (including phenoxy) is 1. The quantitative estimate of drug-likeness (QED) is 0.746. The number of allylic oxidation sites excluding steroid dienone is 1. The first-order chi connectivity index (χ1) is 8.22. The topological polar surface area (TPSA) is 29.5 Å². The third kappa shape index (κ3) is 2.40. The molecule has 1 aliphatic rings. The van der Waals surface area contributed by atoms with Gasteiger partial charge in [-0.1, -0.05) is 36.9 Å². The predicted octanol–water partition coefficient (Wildman–Crippen LogP) is 2.74. The van der Waals surface area contributed by atoms with Gasteiger partial charge in [-0.3, -0.25) is 4.90 Å². The van der Waals surface area contributed by atoms with E-state index in [1.165, 1.54) is 5.56 Å². The summed E-state index contributed by atoms with van der Waals surface area (Å²) in [7, 11) is 0. The van der Waals surface area contributed by atoms with Crippen molar-refractivity contribution in [2.75, 3.05) is 6.61 Å². The largest absolute Gasteiger partial charge is 0.447 e. The number of hydrogen-bond donors (Lipinski definition) is 0. The molecule has 1 aromatic rings. The Labute approximate surface area is 101 Å². The third-order valence-corrected chi connectivity index (χ3v) is 2.89. The SMILES string of the molecule is C=C=C(C)N1C(=O)OC[C@H]1Cc1ccccc1. The predicted molar refractivity (Wildman–Crippen MR) is 65.4 cm³/mol. The van der Waals surface area contributed by atoms with Crippen molar-refractivity contribution in [3.8, 4) is 0 Å². The Bertz CT molecular complexity index is 460. The average molecular weight is 229 g/mol. The van der Waals surface area contributed by atoms with Gasteiger partial charge in [0.15, 0.2) is 0 Å². The van der Waals surface area contributed by atoms with Gasteiger partial charge in [0.2, 0.25) is 0 Å². The van der Waals surface area contributed by atoms with E-state index in [9.17, 15) is 4.79 Å². The monoisotopic (exact) mass is 229 g/mol. The van der Waals surface area contributed by atoms with Crippen LogP contribution < -0.4 is 0 Å². The molecule has 3 nitrogen and oxygen atoms in total. The molecular weight excluding hydrogens is 214 g/mol. The van der Waals surface area contributed by atoms with Crippen LogP contribution in [0.2, 0.25) is 0 Å². The minimum Gasteiger partial charge on any atom is -0.447 e. The van der Waals surface area contributed by atoms with Gasteiger partial charge < -0.3 is 4.74 Å². The highest BCUT2D eigenvalue weighted by molar-refractivity contribution is 5.72. The molecule has 1 saturated heterocycles. The molecule has 0 N–H and O–H groups in total. The van der Waals surface area contributed by atoms with E-state index in [0.29, 0.717) is 12.3 Å². The zero-order valence-corrected chi connectivity index (χ0v) is 9.85. The van der Waals surface area contributed by atoms with E-state index in [4.69, 9.17) is 4.74 Å². The van der Waals surface area contributed by atoms with Gasteiger partial charge >= 0.3 is 6.09 Å². The molecule has 0 unspecified atom stereocenters. The lowest BCUT2D eigenvalue weighted by atomic mass is 10.1. The van der Waals surface area contributed by atoms with Crippen LogP contribution in [0.5, 0.6) is 0 Å². The molecule has 0 spiro atoms. The molecule has 17 heavy (non-hydrogen) atoms. The van der Waals surface area contributed by atoms with Crippen LogP contribution in [0.4, 0.5) is 4.79 Å². The number of hydrogen-bond acceptors (Lipinski definition) is 2. The summed E-state index contributed by atoms with van der Waals surface area (Å²) in [5.74, 6) is 0. The molecule has 1 amide bonds. The standard InChI is InChI=1S/C14H15NO2/c1-3-11(2)15-13(10-17-14(15)16)9-12-7-5-4-6-8-12/h4-8,13H,1,9-10H2,2H3/t13-/m1/s1. The summed E-state index contributed by atoms with van der Waals surface area (Å²) < 4.78 is 5.07. The highest BCUT2D eigenvalue weighted by atomic mass is 16.6. The van der Waals surface area contributed by atoms with Crippen LogP contribution in [-0.4, -0.2) is 23.6 Å². The number of carbonyl (C=O) groups is 1. The second kappa shape index (κ2) is 4.89. The van der Waals surface area contributed by atoms with E-state index in [-0.39, 0.29) is 12.1 Å². The summed E-state index contributed by atoms with van der Waals surface area (Å²) >= 11 is 0. The van der Waals surface area contributed by atoms with Crippen molar-refractivity contribution >= 4 is 6.09 Å². The Morgan fingerprint density at radius 2 is 2.24 bits per heavy atom. The van der Waals surface area contributed by atoms with Gasteiger partial charge in [0.05, 0.1) is 11.7 Å². The summed E-state index contributed by atoms with van der Waals surface area (Å²) in [4.78, 5) is 13.2. The number of amides is 1. The molecule has 1 fully saturated rings. The number of benzene rings is 1. The zero-order chi connectivity index (χ0) is 12.3. The Morgan fingerprint density at radius 3 is 2.88 bits per heavy atom. The lowest BCUT2D eigenvalue weighted by Gasteiger charge is -2.20. The molecule has 0 aromatic heterocycles. The number of nitrogens with zero attached hydrogens (tertiary/aromatic N) is 1. The van der Waals surface area contributed by atoms with Gasteiger partial charge in [-0.2, -0.15) is 0 Å². The number of cyclic esters (lactones) is 1. The molecule has 3 heteroatoms. The fourth-order valence-electron chi connectivity index (χ4n) is 1.99. The molecule has 1 aromatic carbocycles. The summed E-state index contributed by atoms with van der Waals surface area (Å²) in [6.07, 6.45) is 0.477. The maximum atomic E-state index is 11.6. The number of carbonyl (C=O) groups excluding carboxylic acids is 1. The van der Waals surface area contributed by atoms with E-state index in [0.717, 1.165) is 6.42 Å². The van der Waals surface area contributed by atoms with Gasteiger partial charge in [-0.05, 0) is 18.9 Å². The summed E-state index contributed by atoms with van der Waals surface area (Å²) in [6.45, 7) is 5.81. The van der Waals surface area contributed by atoms with Crippen LogP contribution >= 0.6 is 0 Å². The molecular formula is C14H15NO2. The van der Waals surface area contributed by atoms with E-state index in [1.54, 1.807) is 4.90 Å². The molecule has 0 saturated carbocycles. The zero-order valence-electron chi connectivity index (χ0n) is 9.85. The maximum Gasteiger partial charge on any atom is 0.414 e. The van der Waals surface area contributed by atoms with Crippen LogP contribution in [0.25, 0.3) is 0 Å². The third-order valence-electron chi connectivity index (χ3n) is 2.89. The summed E-state index contributed by atoms with van der Waals surface area (Å²) in [5, 5.41) is 0. The van der Waals surface area contributed by atoms with E-state index in [2.05, 4.69) is 12.3 Å². The second-order valence-electron chi connectivity index (χ2n) is 4.05. The van der Waals surface area contributed by atoms with Crippen molar-refractivity contribution in [3.05, 3.63) is 53.9 Å². The van der Waals surface area contributed by atoms with Crippen LogP contribution in [-0.2, 0) is 11.2 Å². The lowest BCUT2D eigenvalue weighted by Crippen LogP contribution is -2.33. The van der Waals surface area contributed by atoms with Crippen LogP contribution in [0.1, 0.15) is 12.5 Å². The van der Waals surface area contributed by atoms with E-state index < -0.39 is 0 Å². The average Bonchev–Trinajstić information content (AvgIpc) is 2.71. The van der Waals surface area contributed by atoms with Crippen LogP contribution in [0.3, 0.4) is 0 Å². The van der Waals surface area contributed by atoms with Crippen molar-refractivity contribution in [2.24, 2.45) is 0 Å². The highest BCUT2D eigenvalue weighted by Crippen LogP contribution is 2.21. The maximum absolute atomic E-state index is 11.6. The minimum atomic E-state index is -0.306. The first-order valence-electron chi connectivity index (χ1n) is 5.59. The van der Waals surface area contributed by atoms with Gasteiger partial charge in [0, 0.05) is 0 Å². The van der Waals surface area contributed by atoms with E-state index in [1.807, 2.05) is 37.3 Å². The van der Waals surface area contributed by atoms with Crippen molar-refractivity contribution in [1.29, 1.82) is 0 Å². The summed E-state index contributed by atoms with van der Waals surface area (Å²) in [6, 6.07) is 10.1. The van der Waals surface area contributed by atoms with Crippen molar-refractivity contribution in [3.63, 3.8) is 0 Å².